The van der Waals surface area contributed by atoms with E-state index >= 15 is 0 Å². The first-order valence-electron chi connectivity index (χ1n) is 8.78. The lowest BCUT2D eigenvalue weighted by Gasteiger charge is -2.32. The fourth-order valence-electron chi connectivity index (χ4n) is 2.71. The first-order chi connectivity index (χ1) is 11.6. The summed E-state index contributed by atoms with van der Waals surface area (Å²) in [6.07, 6.45) is 3.00. The van der Waals surface area contributed by atoms with E-state index < -0.39 is 35.1 Å². The van der Waals surface area contributed by atoms with Gasteiger partial charge in [-0.2, -0.15) is 0 Å². The second-order valence-electron chi connectivity index (χ2n) is 7.92. The van der Waals surface area contributed by atoms with Gasteiger partial charge in [-0.25, -0.2) is 0 Å². The smallest absolute Gasteiger partial charge is 0.289 e. The Hall–Kier alpha value is -1.96. The molecule has 2 fully saturated rings. The van der Waals surface area contributed by atoms with E-state index in [9.17, 15) is 19.2 Å². The van der Waals surface area contributed by atoms with Gasteiger partial charge in [0.1, 0.15) is 6.04 Å². The topological polar surface area (TPSA) is 122 Å². The third-order valence-electron chi connectivity index (χ3n) is 4.63. The van der Waals surface area contributed by atoms with E-state index in [1.165, 1.54) is 4.90 Å². The Morgan fingerprint density at radius 2 is 1.80 bits per heavy atom. The fourth-order valence-corrected chi connectivity index (χ4v) is 2.71. The molecular formula is C17H28N4O4. The van der Waals surface area contributed by atoms with Gasteiger partial charge in [0.05, 0.1) is 12.6 Å². The molecule has 4 N–H and O–H groups in total. The molecule has 0 aromatic heterocycles. The summed E-state index contributed by atoms with van der Waals surface area (Å²) in [5.74, 6) is -2.03. The second-order valence-corrected chi connectivity index (χ2v) is 7.92. The minimum Gasteiger partial charge on any atom is -0.347 e. The van der Waals surface area contributed by atoms with Gasteiger partial charge in [0.15, 0.2) is 0 Å². The van der Waals surface area contributed by atoms with Gasteiger partial charge in [0.25, 0.3) is 5.91 Å². The molecule has 0 aromatic rings. The van der Waals surface area contributed by atoms with Crippen LogP contribution in [0.2, 0.25) is 0 Å². The lowest BCUT2D eigenvalue weighted by Crippen LogP contribution is -2.55. The van der Waals surface area contributed by atoms with Gasteiger partial charge in [-0.3, -0.25) is 19.2 Å². The number of hydrogen-bond donors (Lipinski definition) is 3. The monoisotopic (exact) mass is 352 g/mol. The van der Waals surface area contributed by atoms with E-state index in [4.69, 9.17) is 5.73 Å². The van der Waals surface area contributed by atoms with Crippen molar-refractivity contribution in [3.05, 3.63) is 0 Å². The fraction of sp³-hybridized carbons (Fsp3) is 0.765. The highest BCUT2D eigenvalue weighted by atomic mass is 16.2. The molecule has 25 heavy (non-hydrogen) atoms. The second kappa shape index (κ2) is 7.51. The third-order valence-corrected chi connectivity index (χ3v) is 4.63. The number of amides is 3. The van der Waals surface area contributed by atoms with Crippen LogP contribution in [-0.4, -0.2) is 59.6 Å². The van der Waals surface area contributed by atoms with Gasteiger partial charge in [-0.1, -0.05) is 20.8 Å². The van der Waals surface area contributed by atoms with Gasteiger partial charge < -0.3 is 21.3 Å². The number of carbonyl (C=O) groups excluding carboxylic acids is 4. The Morgan fingerprint density at radius 3 is 2.36 bits per heavy atom. The van der Waals surface area contributed by atoms with Crippen molar-refractivity contribution < 1.29 is 19.2 Å². The van der Waals surface area contributed by atoms with Crippen LogP contribution >= 0.6 is 0 Å². The number of nitrogens with zero attached hydrogens (tertiary/aromatic N) is 1. The van der Waals surface area contributed by atoms with Crippen molar-refractivity contribution in [2.24, 2.45) is 11.1 Å². The summed E-state index contributed by atoms with van der Waals surface area (Å²) in [5.41, 5.74) is 5.62. The Bertz CT molecular complexity index is 565. The van der Waals surface area contributed by atoms with Crippen LogP contribution in [0.5, 0.6) is 0 Å². The van der Waals surface area contributed by atoms with E-state index in [0.29, 0.717) is 19.4 Å². The molecule has 0 aromatic carbocycles. The van der Waals surface area contributed by atoms with Gasteiger partial charge in [0, 0.05) is 12.6 Å². The Labute approximate surface area is 147 Å². The predicted octanol–water partition coefficient (Wildman–Crippen LogP) is -0.685. The first-order valence-corrected chi connectivity index (χ1v) is 8.78. The van der Waals surface area contributed by atoms with Crippen LogP contribution in [-0.2, 0) is 19.2 Å². The van der Waals surface area contributed by atoms with Crippen molar-refractivity contribution in [3.8, 4) is 0 Å². The van der Waals surface area contributed by atoms with Crippen LogP contribution < -0.4 is 16.4 Å². The van der Waals surface area contributed by atoms with Gasteiger partial charge >= 0.3 is 0 Å². The molecule has 8 heteroatoms. The van der Waals surface area contributed by atoms with Crippen molar-refractivity contribution in [3.63, 3.8) is 0 Å². The number of likely N-dealkylation sites (tertiary alicyclic amines) is 1. The molecule has 2 aliphatic rings. The summed E-state index contributed by atoms with van der Waals surface area (Å²) in [7, 11) is 0. The third kappa shape index (κ3) is 5.01. The number of hydrogen-bond acceptors (Lipinski definition) is 5. The summed E-state index contributed by atoms with van der Waals surface area (Å²) in [5, 5.41) is 5.06. The lowest BCUT2D eigenvalue weighted by molar-refractivity contribution is -0.142. The number of nitrogens with two attached hydrogens (primary N) is 1. The highest BCUT2D eigenvalue weighted by Gasteiger charge is 2.39. The molecule has 0 unspecified atom stereocenters. The molecule has 8 nitrogen and oxygen atoms in total. The van der Waals surface area contributed by atoms with Gasteiger partial charge in [-0.05, 0) is 31.1 Å². The SMILES string of the molecule is CC(C)(C)[C@H](N)C(=O)N1CCC[C@H]1C(=O)NCC(=O)C(=O)NC1CC1. The Morgan fingerprint density at radius 1 is 1.16 bits per heavy atom. The summed E-state index contributed by atoms with van der Waals surface area (Å²) in [6, 6.07) is -1.25. The highest BCUT2D eigenvalue weighted by Crippen LogP contribution is 2.24. The molecule has 1 saturated heterocycles. The zero-order chi connectivity index (χ0) is 18.8. The average molecular weight is 352 g/mol. The van der Waals surface area contributed by atoms with Crippen molar-refractivity contribution in [1.82, 2.24) is 15.5 Å². The van der Waals surface area contributed by atoms with E-state index in [1.54, 1.807) is 0 Å². The van der Waals surface area contributed by atoms with Crippen LogP contribution in [0, 0.1) is 5.41 Å². The summed E-state index contributed by atoms with van der Waals surface area (Å²) >= 11 is 0. The minimum atomic E-state index is -0.702. The van der Waals surface area contributed by atoms with Crippen molar-refractivity contribution in [1.29, 1.82) is 0 Å². The van der Waals surface area contributed by atoms with Crippen LogP contribution in [0.25, 0.3) is 0 Å². The molecule has 0 bridgehead atoms. The normalized spacial score (nSPS) is 21.6. The molecule has 0 spiro atoms. The van der Waals surface area contributed by atoms with Gasteiger partial charge in [0.2, 0.25) is 17.6 Å². The molecule has 0 radical (unpaired) electrons. The predicted molar refractivity (Wildman–Crippen MR) is 91.3 cm³/mol. The molecule has 1 aliphatic carbocycles. The minimum absolute atomic E-state index is 0.0917. The zero-order valence-corrected chi connectivity index (χ0v) is 15.1. The number of rotatable bonds is 6. The number of carbonyl (C=O) groups is 4. The average Bonchev–Trinajstić information content (AvgIpc) is 3.21. The highest BCUT2D eigenvalue weighted by molar-refractivity contribution is 6.37. The summed E-state index contributed by atoms with van der Waals surface area (Å²) < 4.78 is 0. The molecule has 1 saturated carbocycles. The quantitative estimate of drug-likeness (QED) is 0.547. The number of ketones is 1. The van der Waals surface area contributed by atoms with Crippen molar-refractivity contribution in [2.75, 3.05) is 13.1 Å². The maximum absolute atomic E-state index is 12.6. The van der Waals surface area contributed by atoms with E-state index in [1.807, 2.05) is 20.8 Å². The van der Waals surface area contributed by atoms with E-state index in [0.717, 1.165) is 12.8 Å². The van der Waals surface area contributed by atoms with Crippen LogP contribution in [0.4, 0.5) is 0 Å². The molecule has 2 atom stereocenters. The van der Waals surface area contributed by atoms with E-state index in [2.05, 4.69) is 10.6 Å². The van der Waals surface area contributed by atoms with Crippen LogP contribution in [0.1, 0.15) is 46.5 Å². The van der Waals surface area contributed by atoms with E-state index in [-0.39, 0.29) is 18.5 Å². The molecule has 1 heterocycles. The molecule has 3 amide bonds. The maximum atomic E-state index is 12.6. The maximum Gasteiger partial charge on any atom is 0.289 e. The molecule has 2 rings (SSSR count). The standard InChI is InChI=1S/C17H28N4O4/c1-17(2,3)13(18)16(25)21-8-4-5-11(21)14(23)19-9-12(22)15(24)20-10-6-7-10/h10-11,13H,4-9,18H2,1-3H3,(H,19,23)(H,20,24)/t11-,13+/m0/s1. The van der Waals surface area contributed by atoms with Crippen LogP contribution in [0.15, 0.2) is 0 Å². The molecule has 1 aliphatic heterocycles. The largest absolute Gasteiger partial charge is 0.347 e. The van der Waals surface area contributed by atoms with Crippen molar-refractivity contribution in [2.45, 2.75) is 64.6 Å². The summed E-state index contributed by atoms with van der Waals surface area (Å²) in [6.45, 7) is 5.73. The number of Topliss-reactive ketones (excluding diaryl/α,β-unsaturated/α-hetero) is 1. The van der Waals surface area contributed by atoms with Crippen molar-refractivity contribution >= 4 is 23.5 Å². The summed E-state index contributed by atoms with van der Waals surface area (Å²) in [4.78, 5) is 49.8. The Balaban J connectivity index is 1.88. The molecular weight excluding hydrogens is 324 g/mol. The zero-order valence-electron chi connectivity index (χ0n) is 15.1. The Kier molecular flexibility index (Phi) is 5.82. The van der Waals surface area contributed by atoms with Crippen LogP contribution in [0.3, 0.4) is 0 Å². The number of nitrogens with one attached hydrogen (secondary N) is 2. The van der Waals surface area contributed by atoms with Gasteiger partial charge in [-0.15, -0.1) is 0 Å². The molecule has 140 valence electrons. The first kappa shape index (κ1) is 19.4. The lowest BCUT2D eigenvalue weighted by atomic mass is 9.86.